The standard InChI is InChI=1S/C19H24N2O4S/c1-15-7-5-6-8-18(15)25-14-13-21(4)19(22)16-9-11-17(12-10-16)26(23,24)20(2)3/h5-12H,13-14H2,1-4H3. The van der Waals surface area contributed by atoms with Crippen LogP contribution in [0.4, 0.5) is 0 Å². The van der Waals surface area contributed by atoms with E-state index in [0.29, 0.717) is 18.7 Å². The molecule has 0 radical (unpaired) electrons. The minimum atomic E-state index is -3.50. The molecule has 0 aliphatic heterocycles. The molecule has 0 aromatic heterocycles. The first-order chi connectivity index (χ1) is 12.2. The Labute approximate surface area is 155 Å². The molecule has 0 spiro atoms. The average Bonchev–Trinajstić information content (AvgIpc) is 2.62. The van der Waals surface area contributed by atoms with E-state index in [-0.39, 0.29) is 10.8 Å². The van der Waals surface area contributed by atoms with Crippen molar-refractivity contribution in [3.63, 3.8) is 0 Å². The molecule has 0 saturated carbocycles. The third-order valence-corrected chi connectivity index (χ3v) is 5.83. The molecule has 0 aliphatic rings. The zero-order valence-corrected chi connectivity index (χ0v) is 16.3. The fourth-order valence-corrected chi connectivity index (χ4v) is 3.21. The fourth-order valence-electron chi connectivity index (χ4n) is 2.31. The fraction of sp³-hybridized carbons (Fsp3) is 0.316. The summed E-state index contributed by atoms with van der Waals surface area (Å²) in [6.45, 7) is 2.76. The van der Waals surface area contributed by atoms with Gasteiger partial charge in [0.2, 0.25) is 10.0 Å². The molecule has 0 aliphatic carbocycles. The van der Waals surface area contributed by atoms with Crippen molar-refractivity contribution < 1.29 is 17.9 Å². The normalized spacial score (nSPS) is 11.4. The second-order valence-electron chi connectivity index (χ2n) is 6.15. The molecule has 0 heterocycles. The molecule has 140 valence electrons. The van der Waals surface area contributed by atoms with Crippen molar-refractivity contribution in [1.29, 1.82) is 0 Å². The molecule has 2 aromatic rings. The summed E-state index contributed by atoms with van der Waals surface area (Å²) in [6, 6.07) is 13.6. The van der Waals surface area contributed by atoms with E-state index in [1.165, 1.54) is 38.4 Å². The largest absolute Gasteiger partial charge is 0.491 e. The quantitative estimate of drug-likeness (QED) is 0.744. The summed E-state index contributed by atoms with van der Waals surface area (Å²) >= 11 is 0. The Morgan fingerprint density at radius 1 is 1.00 bits per heavy atom. The number of amides is 1. The van der Waals surface area contributed by atoms with Crippen LogP contribution in [0.1, 0.15) is 15.9 Å². The number of carbonyl (C=O) groups is 1. The van der Waals surface area contributed by atoms with Crippen molar-refractivity contribution in [2.75, 3.05) is 34.3 Å². The molecule has 0 bridgehead atoms. The Morgan fingerprint density at radius 3 is 2.19 bits per heavy atom. The number of rotatable bonds is 7. The van der Waals surface area contributed by atoms with Crippen LogP contribution in [0.25, 0.3) is 0 Å². The van der Waals surface area contributed by atoms with Gasteiger partial charge in [-0.3, -0.25) is 4.79 Å². The van der Waals surface area contributed by atoms with Gasteiger partial charge >= 0.3 is 0 Å². The van der Waals surface area contributed by atoms with E-state index >= 15 is 0 Å². The molecule has 1 amide bonds. The lowest BCUT2D eigenvalue weighted by Gasteiger charge is -2.18. The summed E-state index contributed by atoms with van der Waals surface area (Å²) in [5, 5.41) is 0. The topological polar surface area (TPSA) is 66.9 Å². The monoisotopic (exact) mass is 376 g/mol. The molecule has 0 atom stereocenters. The van der Waals surface area contributed by atoms with Crippen LogP contribution < -0.4 is 4.74 Å². The third kappa shape index (κ3) is 4.62. The van der Waals surface area contributed by atoms with E-state index in [0.717, 1.165) is 15.6 Å². The summed E-state index contributed by atoms with van der Waals surface area (Å²) in [4.78, 5) is 14.2. The van der Waals surface area contributed by atoms with Gasteiger partial charge in [-0.2, -0.15) is 0 Å². The van der Waals surface area contributed by atoms with Crippen LogP contribution >= 0.6 is 0 Å². The summed E-state index contributed by atoms with van der Waals surface area (Å²) in [5.41, 5.74) is 1.47. The first-order valence-corrected chi connectivity index (χ1v) is 9.64. The van der Waals surface area contributed by atoms with Crippen LogP contribution in [0.5, 0.6) is 5.75 Å². The van der Waals surface area contributed by atoms with E-state index in [4.69, 9.17) is 4.74 Å². The molecule has 0 N–H and O–H groups in total. The number of aryl methyl sites for hydroxylation is 1. The Hall–Kier alpha value is -2.38. The van der Waals surface area contributed by atoms with Gasteiger partial charge in [0.05, 0.1) is 11.4 Å². The zero-order chi connectivity index (χ0) is 19.3. The van der Waals surface area contributed by atoms with Gasteiger partial charge < -0.3 is 9.64 Å². The maximum atomic E-state index is 12.5. The van der Waals surface area contributed by atoms with E-state index in [9.17, 15) is 13.2 Å². The second-order valence-corrected chi connectivity index (χ2v) is 8.30. The van der Waals surface area contributed by atoms with Crippen LogP contribution in [0, 0.1) is 6.92 Å². The van der Waals surface area contributed by atoms with Gasteiger partial charge in [-0.15, -0.1) is 0 Å². The summed E-state index contributed by atoms with van der Waals surface area (Å²) in [6.07, 6.45) is 0. The smallest absolute Gasteiger partial charge is 0.253 e. The van der Waals surface area contributed by atoms with Gasteiger partial charge in [-0.25, -0.2) is 12.7 Å². The summed E-state index contributed by atoms with van der Waals surface area (Å²) in [7, 11) is 1.13. The van der Waals surface area contributed by atoms with Crippen molar-refractivity contribution in [1.82, 2.24) is 9.21 Å². The minimum absolute atomic E-state index is 0.157. The highest BCUT2D eigenvalue weighted by Gasteiger charge is 2.18. The molecular weight excluding hydrogens is 352 g/mol. The van der Waals surface area contributed by atoms with Crippen LogP contribution in [0.15, 0.2) is 53.4 Å². The maximum Gasteiger partial charge on any atom is 0.253 e. The molecule has 2 rings (SSSR count). The summed E-state index contributed by atoms with van der Waals surface area (Å²) < 4.78 is 31.0. The number of benzene rings is 2. The van der Waals surface area contributed by atoms with Gasteiger partial charge in [-0.1, -0.05) is 18.2 Å². The van der Waals surface area contributed by atoms with Crippen molar-refractivity contribution in [2.45, 2.75) is 11.8 Å². The molecule has 7 heteroatoms. The number of ether oxygens (including phenoxy) is 1. The lowest BCUT2D eigenvalue weighted by molar-refractivity contribution is 0.0773. The Balaban J connectivity index is 1.97. The highest BCUT2D eigenvalue weighted by molar-refractivity contribution is 7.89. The molecule has 0 unspecified atom stereocenters. The number of hydrogen-bond acceptors (Lipinski definition) is 4. The number of likely N-dealkylation sites (N-methyl/N-ethyl adjacent to an activating group) is 1. The average molecular weight is 376 g/mol. The van der Waals surface area contributed by atoms with E-state index in [1.807, 2.05) is 31.2 Å². The van der Waals surface area contributed by atoms with E-state index in [1.54, 1.807) is 11.9 Å². The minimum Gasteiger partial charge on any atom is -0.491 e. The first kappa shape index (κ1) is 19.9. The lowest BCUT2D eigenvalue weighted by Crippen LogP contribution is -2.31. The van der Waals surface area contributed by atoms with Gasteiger partial charge in [0.1, 0.15) is 12.4 Å². The Bertz CT molecular complexity index is 861. The molecule has 26 heavy (non-hydrogen) atoms. The molecule has 0 saturated heterocycles. The zero-order valence-electron chi connectivity index (χ0n) is 15.5. The number of hydrogen-bond donors (Lipinski definition) is 0. The predicted molar refractivity (Wildman–Crippen MR) is 101 cm³/mol. The third-order valence-electron chi connectivity index (χ3n) is 4.00. The highest BCUT2D eigenvalue weighted by Crippen LogP contribution is 2.17. The maximum absolute atomic E-state index is 12.5. The molecule has 0 fully saturated rings. The Morgan fingerprint density at radius 2 is 1.62 bits per heavy atom. The second kappa shape index (κ2) is 8.33. The van der Waals surface area contributed by atoms with Crippen LogP contribution in [0.3, 0.4) is 0 Å². The summed E-state index contributed by atoms with van der Waals surface area (Å²) in [5.74, 6) is 0.610. The van der Waals surface area contributed by atoms with Crippen molar-refractivity contribution >= 4 is 15.9 Å². The van der Waals surface area contributed by atoms with Crippen LogP contribution in [0.2, 0.25) is 0 Å². The number of carbonyl (C=O) groups excluding carboxylic acids is 1. The van der Waals surface area contributed by atoms with Crippen LogP contribution in [-0.2, 0) is 10.0 Å². The van der Waals surface area contributed by atoms with Gasteiger partial charge in [0.25, 0.3) is 5.91 Å². The first-order valence-electron chi connectivity index (χ1n) is 8.20. The highest BCUT2D eigenvalue weighted by atomic mass is 32.2. The number of nitrogens with zero attached hydrogens (tertiary/aromatic N) is 2. The van der Waals surface area contributed by atoms with Gasteiger partial charge in [0, 0.05) is 26.7 Å². The molecule has 6 nitrogen and oxygen atoms in total. The number of para-hydroxylation sites is 1. The predicted octanol–water partition coefficient (Wildman–Crippen LogP) is 2.40. The Kier molecular flexibility index (Phi) is 6.39. The van der Waals surface area contributed by atoms with E-state index < -0.39 is 10.0 Å². The SMILES string of the molecule is Cc1ccccc1OCCN(C)C(=O)c1ccc(S(=O)(=O)N(C)C)cc1. The molecular formula is C19H24N2O4S. The lowest BCUT2D eigenvalue weighted by atomic mass is 10.2. The van der Waals surface area contributed by atoms with Crippen molar-refractivity contribution in [3.05, 3.63) is 59.7 Å². The van der Waals surface area contributed by atoms with Gasteiger partial charge in [-0.05, 0) is 42.8 Å². The molecule has 2 aromatic carbocycles. The van der Waals surface area contributed by atoms with Crippen LogP contribution in [-0.4, -0.2) is 57.8 Å². The van der Waals surface area contributed by atoms with Crippen molar-refractivity contribution in [3.8, 4) is 5.75 Å². The number of sulfonamides is 1. The van der Waals surface area contributed by atoms with Gasteiger partial charge in [0.15, 0.2) is 0 Å². The van der Waals surface area contributed by atoms with Crippen molar-refractivity contribution in [2.24, 2.45) is 0 Å². The van der Waals surface area contributed by atoms with E-state index in [2.05, 4.69) is 0 Å².